The van der Waals surface area contributed by atoms with Gasteiger partial charge in [-0.05, 0) is 43.7 Å². The zero-order valence-corrected chi connectivity index (χ0v) is 11.0. The highest BCUT2D eigenvalue weighted by Gasteiger charge is 2.27. The predicted molar refractivity (Wildman–Crippen MR) is 68.4 cm³/mol. The Morgan fingerprint density at radius 2 is 2.29 bits per heavy atom. The summed E-state index contributed by atoms with van der Waals surface area (Å²) in [7, 11) is 0. The van der Waals surface area contributed by atoms with Crippen molar-refractivity contribution in [2.24, 2.45) is 5.92 Å². The largest absolute Gasteiger partial charge is 0.254 e. The minimum Gasteiger partial charge on any atom is -0.146 e. The van der Waals surface area contributed by atoms with Gasteiger partial charge in [-0.3, -0.25) is 0 Å². The summed E-state index contributed by atoms with van der Waals surface area (Å²) < 4.78 is 0. The zero-order valence-electron chi connectivity index (χ0n) is 8.52. The standard InChI is InChI=1S/C11H18Cl2Si/c1-2-9-14(12,13)10-8-11-6-4-3-5-7-11/h2,4,6,11H,1,3,5,7-10H2. The molecular weight excluding hydrogens is 231 g/mol. The Morgan fingerprint density at radius 1 is 1.50 bits per heavy atom. The van der Waals surface area contributed by atoms with E-state index in [1.807, 2.05) is 6.08 Å². The lowest BCUT2D eigenvalue weighted by Crippen LogP contribution is -2.18. The Morgan fingerprint density at radius 3 is 2.86 bits per heavy atom. The quantitative estimate of drug-likeness (QED) is 0.371. The van der Waals surface area contributed by atoms with E-state index in [4.69, 9.17) is 22.2 Å². The van der Waals surface area contributed by atoms with Crippen LogP contribution in [-0.4, -0.2) is 6.69 Å². The summed E-state index contributed by atoms with van der Waals surface area (Å²) in [5.74, 6) is 0.720. The predicted octanol–water partition coefficient (Wildman–Crippen LogP) is 4.84. The van der Waals surface area contributed by atoms with Gasteiger partial charge in [0.05, 0.1) is 0 Å². The molecule has 0 saturated carbocycles. The van der Waals surface area contributed by atoms with Crippen LogP contribution in [0, 0.1) is 5.92 Å². The fourth-order valence-corrected chi connectivity index (χ4v) is 4.56. The van der Waals surface area contributed by atoms with Crippen molar-refractivity contribution in [3.8, 4) is 0 Å². The molecule has 1 aliphatic carbocycles. The first-order valence-electron chi connectivity index (χ1n) is 5.29. The average molecular weight is 249 g/mol. The van der Waals surface area contributed by atoms with Gasteiger partial charge in [-0.1, -0.05) is 18.2 Å². The summed E-state index contributed by atoms with van der Waals surface area (Å²) in [4.78, 5) is 0. The maximum absolute atomic E-state index is 6.26. The van der Waals surface area contributed by atoms with Crippen LogP contribution in [-0.2, 0) is 0 Å². The second-order valence-corrected chi connectivity index (χ2v) is 11.5. The van der Waals surface area contributed by atoms with Crippen molar-refractivity contribution in [3.05, 3.63) is 24.8 Å². The molecule has 80 valence electrons. The normalized spacial score (nSPS) is 22.3. The van der Waals surface area contributed by atoms with E-state index in [0.717, 1.165) is 24.4 Å². The van der Waals surface area contributed by atoms with Crippen LogP contribution in [0.25, 0.3) is 0 Å². The number of allylic oxidation sites excluding steroid dienone is 3. The van der Waals surface area contributed by atoms with Gasteiger partial charge in [0.1, 0.15) is 0 Å². The lowest BCUT2D eigenvalue weighted by molar-refractivity contribution is 0.525. The van der Waals surface area contributed by atoms with Crippen LogP contribution in [0.1, 0.15) is 25.7 Å². The number of hydrogen-bond donors (Lipinski definition) is 0. The van der Waals surface area contributed by atoms with Gasteiger partial charge >= 0.3 is 0 Å². The first kappa shape index (κ1) is 12.3. The molecule has 0 aromatic rings. The van der Waals surface area contributed by atoms with E-state index in [9.17, 15) is 0 Å². The summed E-state index contributed by atoms with van der Waals surface area (Å²) in [5, 5.41) is 0. The second kappa shape index (κ2) is 5.99. The summed E-state index contributed by atoms with van der Waals surface area (Å²) in [6.07, 6.45) is 11.5. The Bertz CT molecular complexity index is 211. The zero-order chi connectivity index (χ0) is 10.4. The first-order chi connectivity index (χ1) is 6.64. The number of hydrogen-bond acceptors (Lipinski definition) is 0. The molecule has 1 unspecified atom stereocenters. The van der Waals surface area contributed by atoms with Gasteiger partial charge in [0, 0.05) is 0 Å². The fraction of sp³-hybridized carbons (Fsp3) is 0.636. The molecular formula is C11H18Cl2Si. The van der Waals surface area contributed by atoms with Gasteiger partial charge in [0.25, 0.3) is 6.69 Å². The van der Waals surface area contributed by atoms with Gasteiger partial charge in [-0.15, -0.1) is 28.7 Å². The molecule has 1 rings (SSSR count). The van der Waals surface area contributed by atoms with Crippen LogP contribution in [0.15, 0.2) is 24.8 Å². The van der Waals surface area contributed by atoms with Crippen LogP contribution in [0.2, 0.25) is 12.1 Å². The summed E-state index contributed by atoms with van der Waals surface area (Å²) >= 11 is 12.5. The topological polar surface area (TPSA) is 0 Å². The van der Waals surface area contributed by atoms with E-state index in [0.29, 0.717) is 0 Å². The lowest BCUT2D eigenvalue weighted by atomic mass is 9.94. The van der Waals surface area contributed by atoms with Crippen molar-refractivity contribution in [3.63, 3.8) is 0 Å². The van der Waals surface area contributed by atoms with E-state index in [1.165, 1.54) is 19.3 Å². The van der Waals surface area contributed by atoms with Crippen LogP contribution < -0.4 is 0 Å². The van der Waals surface area contributed by atoms with Gasteiger partial charge in [-0.25, -0.2) is 0 Å². The molecule has 1 aliphatic rings. The molecule has 3 heteroatoms. The molecule has 0 spiro atoms. The first-order valence-corrected chi connectivity index (χ1v) is 9.73. The third kappa shape index (κ3) is 4.67. The van der Waals surface area contributed by atoms with E-state index < -0.39 is 6.69 Å². The number of halogens is 2. The van der Waals surface area contributed by atoms with Crippen LogP contribution >= 0.6 is 22.2 Å². The molecule has 0 fully saturated rings. The van der Waals surface area contributed by atoms with E-state index in [-0.39, 0.29) is 0 Å². The Hall–Kier alpha value is 0.277. The highest BCUT2D eigenvalue weighted by atomic mass is 35.7. The van der Waals surface area contributed by atoms with Crippen molar-refractivity contribution < 1.29 is 0 Å². The third-order valence-electron chi connectivity index (χ3n) is 2.68. The average Bonchev–Trinajstić information content (AvgIpc) is 2.17. The molecule has 1 atom stereocenters. The maximum atomic E-state index is 6.26. The molecule has 0 radical (unpaired) electrons. The van der Waals surface area contributed by atoms with Crippen molar-refractivity contribution in [1.82, 2.24) is 0 Å². The van der Waals surface area contributed by atoms with Crippen LogP contribution in [0.4, 0.5) is 0 Å². The van der Waals surface area contributed by atoms with Gasteiger partial charge in [0.2, 0.25) is 0 Å². The Labute approximate surface area is 97.4 Å². The molecule has 0 bridgehead atoms. The highest BCUT2D eigenvalue weighted by molar-refractivity contribution is 7.45. The van der Waals surface area contributed by atoms with Crippen molar-refractivity contribution in [2.45, 2.75) is 37.8 Å². The van der Waals surface area contributed by atoms with E-state index >= 15 is 0 Å². The van der Waals surface area contributed by atoms with Gasteiger partial charge in [0.15, 0.2) is 0 Å². The second-order valence-electron chi connectivity index (χ2n) is 4.01. The lowest BCUT2D eigenvalue weighted by Gasteiger charge is -2.20. The van der Waals surface area contributed by atoms with E-state index in [2.05, 4.69) is 18.7 Å². The molecule has 0 aromatic heterocycles. The third-order valence-corrected chi connectivity index (χ3v) is 6.64. The van der Waals surface area contributed by atoms with Crippen LogP contribution in [0.5, 0.6) is 0 Å². The molecule has 0 amide bonds. The SMILES string of the molecule is C=CC[Si](Cl)(Cl)CCC1C=CCCC1. The maximum Gasteiger partial charge on any atom is 0.254 e. The minimum atomic E-state index is -1.99. The van der Waals surface area contributed by atoms with Crippen molar-refractivity contribution in [1.29, 1.82) is 0 Å². The smallest absolute Gasteiger partial charge is 0.146 e. The summed E-state index contributed by atoms with van der Waals surface area (Å²) in [6.45, 7) is 1.70. The summed E-state index contributed by atoms with van der Waals surface area (Å²) in [6, 6.07) is 1.81. The van der Waals surface area contributed by atoms with E-state index in [1.54, 1.807) is 0 Å². The molecule has 0 heterocycles. The number of rotatable bonds is 5. The van der Waals surface area contributed by atoms with Gasteiger partial charge < -0.3 is 0 Å². The van der Waals surface area contributed by atoms with Gasteiger partial charge in [-0.2, -0.15) is 0 Å². The molecule has 14 heavy (non-hydrogen) atoms. The van der Waals surface area contributed by atoms with Crippen molar-refractivity contribution >= 4 is 28.9 Å². The monoisotopic (exact) mass is 248 g/mol. The molecule has 0 saturated heterocycles. The molecule has 0 nitrogen and oxygen atoms in total. The van der Waals surface area contributed by atoms with Crippen LogP contribution in [0.3, 0.4) is 0 Å². The Balaban J connectivity index is 2.27. The minimum absolute atomic E-state index is 0.720. The Kier molecular flexibility index (Phi) is 5.28. The molecule has 0 aromatic carbocycles. The van der Waals surface area contributed by atoms with Crippen molar-refractivity contribution in [2.75, 3.05) is 0 Å². The fourth-order valence-electron chi connectivity index (χ4n) is 1.83. The molecule has 0 N–H and O–H groups in total. The molecule has 0 aliphatic heterocycles. The highest BCUT2D eigenvalue weighted by Crippen LogP contribution is 2.31. The summed E-state index contributed by atoms with van der Waals surface area (Å²) in [5.41, 5.74) is 0.